The van der Waals surface area contributed by atoms with Gasteiger partial charge in [0.15, 0.2) is 0 Å². The molecule has 1 fully saturated rings. The Hall–Kier alpha value is -1.07. The molecule has 3 N–H and O–H groups in total. The van der Waals surface area contributed by atoms with Gasteiger partial charge in [-0.3, -0.25) is 4.79 Å². The SMILES string of the molecule is CC1(C)CCC(NC(=O)c2sc3ccc(Br)cc3c2N)C1. The number of carbonyl (C=O) groups excluding carboxylic acids is 1. The van der Waals surface area contributed by atoms with Crippen LogP contribution in [0.15, 0.2) is 22.7 Å². The first-order chi connectivity index (χ1) is 9.85. The normalized spacial score (nSPS) is 20.8. The smallest absolute Gasteiger partial charge is 0.263 e. The summed E-state index contributed by atoms with van der Waals surface area (Å²) in [4.78, 5) is 13.1. The van der Waals surface area contributed by atoms with Crippen LogP contribution in [0.5, 0.6) is 0 Å². The Morgan fingerprint density at radius 1 is 1.48 bits per heavy atom. The minimum Gasteiger partial charge on any atom is -0.397 e. The lowest BCUT2D eigenvalue weighted by atomic mass is 9.92. The highest BCUT2D eigenvalue weighted by molar-refractivity contribution is 9.10. The molecule has 3 rings (SSSR count). The molecule has 1 amide bonds. The van der Waals surface area contributed by atoms with Crippen molar-refractivity contribution in [2.75, 3.05) is 5.73 Å². The van der Waals surface area contributed by atoms with Crippen molar-refractivity contribution in [2.24, 2.45) is 5.41 Å². The molecule has 1 unspecified atom stereocenters. The van der Waals surface area contributed by atoms with Gasteiger partial charge in [0.25, 0.3) is 5.91 Å². The highest BCUT2D eigenvalue weighted by Crippen LogP contribution is 2.38. The Balaban J connectivity index is 1.83. The summed E-state index contributed by atoms with van der Waals surface area (Å²) in [5, 5.41) is 4.10. The van der Waals surface area contributed by atoms with Crippen LogP contribution in [0.25, 0.3) is 10.1 Å². The maximum absolute atomic E-state index is 12.5. The molecule has 112 valence electrons. The van der Waals surface area contributed by atoms with Crippen LogP contribution in [-0.4, -0.2) is 11.9 Å². The number of anilines is 1. The number of benzene rings is 1. The largest absolute Gasteiger partial charge is 0.397 e. The summed E-state index contributed by atoms with van der Waals surface area (Å²) in [6, 6.07) is 6.20. The number of hydrogen-bond acceptors (Lipinski definition) is 3. The zero-order valence-electron chi connectivity index (χ0n) is 12.2. The fraction of sp³-hybridized carbons (Fsp3) is 0.438. The third-order valence-electron chi connectivity index (χ3n) is 4.20. The molecule has 1 aliphatic carbocycles. The Labute approximate surface area is 137 Å². The molecule has 1 heterocycles. The van der Waals surface area contributed by atoms with E-state index in [1.165, 1.54) is 11.3 Å². The standard InChI is InChI=1S/C16H19BrN2OS/c1-16(2)6-5-10(8-16)19-15(20)14-13(18)11-7-9(17)3-4-12(11)21-14/h3-4,7,10H,5-6,8,18H2,1-2H3,(H,19,20). The van der Waals surface area contributed by atoms with Crippen molar-refractivity contribution in [3.8, 4) is 0 Å². The molecular formula is C16H19BrN2OS. The molecule has 0 radical (unpaired) electrons. The summed E-state index contributed by atoms with van der Waals surface area (Å²) >= 11 is 4.91. The van der Waals surface area contributed by atoms with Crippen LogP contribution in [0, 0.1) is 5.41 Å². The number of carbonyl (C=O) groups is 1. The molecule has 3 nitrogen and oxygen atoms in total. The van der Waals surface area contributed by atoms with Crippen molar-refractivity contribution >= 4 is 48.9 Å². The molecule has 1 atom stereocenters. The van der Waals surface area contributed by atoms with Crippen molar-refractivity contribution in [2.45, 2.75) is 39.2 Å². The maximum Gasteiger partial charge on any atom is 0.263 e. The second-order valence-electron chi connectivity index (χ2n) is 6.56. The quantitative estimate of drug-likeness (QED) is 0.818. The van der Waals surface area contributed by atoms with Crippen molar-refractivity contribution < 1.29 is 4.79 Å². The molecule has 1 aromatic carbocycles. The van der Waals surface area contributed by atoms with Gasteiger partial charge in [-0.25, -0.2) is 0 Å². The van der Waals surface area contributed by atoms with E-state index >= 15 is 0 Å². The van der Waals surface area contributed by atoms with Gasteiger partial charge in [0.05, 0.1) is 5.69 Å². The van der Waals surface area contributed by atoms with Gasteiger partial charge in [-0.2, -0.15) is 0 Å². The van der Waals surface area contributed by atoms with Crippen LogP contribution in [0.4, 0.5) is 5.69 Å². The average molecular weight is 367 g/mol. The van der Waals surface area contributed by atoms with Gasteiger partial charge in [0, 0.05) is 20.6 Å². The Bertz CT molecular complexity index is 708. The molecule has 2 aromatic rings. The van der Waals surface area contributed by atoms with E-state index in [0.29, 0.717) is 16.0 Å². The summed E-state index contributed by atoms with van der Waals surface area (Å²) in [7, 11) is 0. The topological polar surface area (TPSA) is 55.1 Å². The fourth-order valence-electron chi connectivity index (χ4n) is 3.07. The van der Waals surface area contributed by atoms with E-state index in [2.05, 4.69) is 35.1 Å². The molecule has 5 heteroatoms. The minimum absolute atomic E-state index is 0.0347. The van der Waals surface area contributed by atoms with Gasteiger partial charge in [0.2, 0.25) is 0 Å². The predicted molar refractivity (Wildman–Crippen MR) is 92.8 cm³/mol. The first kappa shape index (κ1) is 14.9. The van der Waals surface area contributed by atoms with Gasteiger partial charge in [-0.15, -0.1) is 11.3 Å². The van der Waals surface area contributed by atoms with E-state index in [1.54, 1.807) is 0 Å². The van der Waals surface area contributed by atoms with E-state index in [-0.39, 0.29) is 11.9 Å². The number of fused-ring (bicyclic) bond motifs is 1. The molecule has 0 saturated heterocycles. The molecule has 0 aliphatic heterocycles. The van der Waals surface area contributed by atoms with E-state index in [1.807, 2.05) is 18.2 Å². The van der Waals surface area contributed by atoms with Gasteiger partial charge in [0.1, 0.15) is 4.88 Å². The highest BCUT2D eigenvalue weighted by Gasteiger charge is 2.32. The summed E-state index contributed by atoms with van der Waals surface area (Å²) in [6.45, 7) is 4.51. The fourth-order valence-corrected chi connectivity index (χ4v) is 4.44. The zero-order valence-corrected chi connectivity index (χ0v) is 14.6. The van der Waals surface area contributed by atoms with Crippen LogP contribution in [0.2, 0.25) is 0 Å². The first-order valence-electron chi connectivity index (χ1n) is 7.14. The Morgan fingerprint density at radius 2 is 2.24 bits per heavy atom. The van der Waals surface area contributed by atoms with Gasteiger partial charge < -0.3 is 11.1 Å². The number of nitrogen functional groups attached to an aromatic ring is 1. The van der Waals surface area contributed by atoms with Gasteiger partial charge in [-0.05, 0) is 42.9 Å². The summed E-state index contributed by atoms with van der Waals surface area (Å²) in [5.41, 5.74) is 7.08. The number of halogens is 1. The maximum atomic E-state index is 12.5. The summed E-state index contributed by atoms with van der Waals surface area (Å²) < 4.78 is 2.02. The van der Waals surface area contributed by atoms with Gasteiger partial charge in [-0.1, -0.05) is 29.8 Å². The first-order valence-corrected chi connectivity index (χ1v) is 8.75. The lowest BCUT2D eigenvalue weighted by Crippen LogP contribution is -2.33. The molecule has 0 bridgehead atoms. The Morgan fingerprint density at radius 3 is 2.90 bits per heavy atom. The molecule has 1 saturated carbocycles. The highest BCUT2D eigenvalue weighted by atomic mass is 79.9. The van der Waals surface area contributed by atoms with Crippen LogP contribution in [0.3, 0.4) is 0 Å². The van der Waals surface area contributed by atoms with Crippen molar-refractivity contribution in [1.82, 2.24) is 5.32 Å². The van der Waals surface area contributed by atoms with E-state index in [0.717, 1.165) is 33.8 Å². The van der Waals surface area contributed by atoms with E-state index in [4.69, 9.17) is 5.73 Å². The number of hydrogen-bond donors (Lipinski definition) is 2. The third-order valence-corrected chi connectivity index (χ3v) is 5.88. The number of nitrogens with one attached hydrogen (secondary N) is 1. The van der Waals surface area contributed by atoms with Gasteiger partial charge >= 0.3 is 0 Å². The zero-order chi connectivity index (χ0) is 15.2. The second-order valence-corrected chi connectivity index (χ2v) is 8.53. The third kappa shape index (κ3) is 2.94. The monoisotopic (exact) mass is 366 g/mol. The number of nitrogens with two attached hydrogens (primary N) is 1. The summed E-state index contributed by atoms with van der Waals surface area (Å²) in [5.74, 6) is -0.0347. The number of thiophene rings is 1. The second kappa shape index (κ2) is 5.29. The van der Waals surface area contributed by atoms with Crippen LogP contribution >= 0.6 is 27.3 Å². The Kier molecular flexibility index (Phi) is 3.74. The molecule has 21 heavy (non-hydrogen) atoms. The summed E-state index contributed by atoms with van der Waals surface area (Å²) in [6.07, 6.45) is 3.25. The molecule has 1 aliphatic rings. The lowest BCUT2D eigenvalue weighted by molar-refractivity contribution is 0.0941. The van der Waals surface area contributed by atoms with Crippen molar-refractivity contribution in [3.05, 3.63) is 27.5 Å². The number of amides is 1. The van der Waals surface area contributed by atoms with Crippen LogP contribution in [0.1, 0.15) is 42.8 Å². The van der Waals surface area contributed by atoms with Crippen LogP contribution < -0.4 is 11.1 Å². The predicted octanol–water partition coefficient (Wildman–Crippen LogP) is 4.55. The average Bonchev–Trinajstić information content (AvgIpc) is 2.90. The van der Waals surface area contributed by atoms with Crippen molar-refractivity contribution in [3.63, 3.8) is 0 Å². The minimum atomic E-state index is -0.0347. The van der Waals surface area contributed by atoms with E-state index in [9.17, 15) is 4.79 Å². The molecule has 0 spiro atoms. The van der Waals surface area contributed by atoms with E-state index < -0.39 is 0 Å². The van der Waals surface area contributed by atoms with Crippen molar-refractivity contribution in [1.29, 1.82) is 0 Å². The molecular weight excluding hydrogens is 348 g/mol. The molecule has 1 aromatic heterocycles. The number of rotatable bonds is 2. The van der Waals surface area contributed by atoms with Crippen LogP contribution in [-0.2, 0) is 0 Å². The lowest BCUT2D eigenvalue weighted by Gasteiger charge is -2.17.